The van der Waals surface area contributed by atoms with Crippen molar-refractivity contribution >= 4 is 16.7 Å². The maximum Gasteiger partial charge on any atom is 0.304 e. The van der Waals surface area contributed by atoms with Crippen molar-refractivity contribution in [3.8, 4) is 0 Å². The van der Waals surface area contributed by atoms with E-state index in [1.807, 2.05) is 18.3 Å². The van der Waals surface area contributed by atoms with Crippen molar-refractivity contribution in [3.05, 3.63) is 42.2 Å². The molecule has 1 aliphatic carbocycles. The van der Waals surface area contributed by atoms with Crippen molar-refractivity contribution in [1.82, 2.24) is 4.98 Å². The molecule has 1 heterocycles. The Labute approximate surface area is 99.1 Å². The highest BCUT2D eigenvalue weighted by molar-refractivity contribution is 5.83. The standard InChI is InChI=1S/C14H13NO2/c16-13(17)8-14(4-5-14)12-2-1-10-3-6-15-9-11(10)7-12/h1-3,6-7,9H,4-5,8H2,(H,16,17). The number of benzene rings is 1. The second kappa shape index (κ2) is 3.55. The fraction of sp³-hybridized carbons (Fsp3) is 0.286. The summed E-state index contributed by atoms with van der Waals surface area (Å²) in [5.41, 5.74) is 1.02. The van der Waals surface area contributed by atoms with Gasteiger partial charge in [-0.25, -0.2) is 0 Å². The van der Waals surface area contributed by atoms with Crippen LogP contribution in [0.1, 0.15) is 24.8 Å². The van der Waals surface area contributed by atoms with Crippen LogP contribution in [-0.4, -0.2) is 16.1 Å². The van der Waals surface area contributed by atoms with Crippen LogP contribution in [0.4, 0.5) is 0 Å². The highest BCUT2D eigenvalue weighted by Crippen LogP contribution is 2.51. The van der Waals surface area contributed by atoms with E-state index >= 15 is 0 Å². The zero-order chi connectivity index (χ0) is 11.9. The molecule has 3 nitrogen and oxygen atoms in total. The van der Waals surface area contributed by atoms with Crippen molar-refractivity contribution in [3.63, 3.8) is 0 Å². The summed E-state index contributed by atoms with van der Waals surface area (Å²) in [5.74, 6) is -0.714. The molecule has 86 valence electrons. The predicted octanol–water partition coefficient (Wildman–Crippen LogP) is 2.74. The summed E-state index contributed by atoms with van der Waals surface area (Å²) in [6, 6.07) is 8.15. The third-order valence-electron chi connectivity index (χ3n) is 3.60. The zero-order valence-electron chi connectivity index (χ0n) is 9.39. The largest absolute Gasteiger partial charge is 0.481 e. The number of rotatable bonds is 3. The number of fused-ring (bicyclic) bond motifs is 1. The van der Waals surface area contributed by atoms with Gasteiger partial charge in [0.05, 0.1) is 6.42 Å². The number of hydrogen-bond acceptors (Lipinski definition) is 2. The topological polar surface area (TPSA) is 50.2 Å². The summed E-state index contributed by atoms with van der Waals surface area (Å²) in [6.45, 7) is 0. The Morgan fingerprint density at radius 2 is 2.12 bits per heavy atom. The van der Waals surface area contributed by atoms with Gasteiger partial charge < -0.3 is 5.11 Å². The first-order chi connectivity index (χ1) is 8.20. The van der Waals surface area contributed by atoms with E-state index in [4.69, 9.17) is 5.11 Å². The first-order valence-corrected chi connectivity index (χ1v) is 5.76. The molecule has 0 radical (unpaired) electrons. The molecule has 1 saturated carbocycles. The molecule has 0 spiro atoms. The fourth-order valence-electron chi connectivity index (χ4n) is 2.42. The minimum absolute atomic E-state index is 0.115. The number of carboxylic acids is 1. The summed E-state index contributed by atoms with van der Waals surface area (Å²) in [5, 5.41) is 11.2. The van der Waals surface area contributed by atoms with E-state index < -0.39 is 5.97 Å². The molecule has 0 saturated heterocycles. The van der Waals surface area contributed by atoms with Crippen LogP contribution >= 0.6 is 0 Å². The normalized spacial score (nSPS) is 16.9. The SMILES string of the molecule is O=C(O)CC1(c2ccc3ccncc3c2)CC1. The lowest BCUT2D eigenvalue weighted by atomic mass is 9.91. The Balaban J connectivity index is 2.03. The van der Waals surface area contributed by atoms with Crippen molar-refractivity contribution in [2.24, 2.45) is 0 Å². The molecular formula is C14H13NO2. The number of carbonyl (C=O) groups is 1. The van der Waals surface area contributed by atoms with Gasteiger partial charge in [0.1, 0.15) is 0 Å². The summed E-state index contributed by atoms with van der Waals surface area (Å²) in [6.07, 6.45) is 5.79. The molecule has 1 aliphatic rings. The van der Waals surface area contributed by atoms with Crippen LogP contribution in [-0.2, 0) is 10.2 Å². The Bertz CT molecular complexity index is 588. The molecule has 1 N–H and O–H groups in total. The number of pyridine rings is 1. The van der Waals surface area contributed by atoms with Gasteiger partial charge in [-0.2, -0.15) is 0 Å². The second-order valence-corrected chi connectivity index (χ2v) is 4.79. The van der Waals surface area contributed by atoms with Crippen molar-refractivity contribution in [2.75, 3.05) is 0 Å². The molecule has 0 bridgehead atoms. The lowest BCUT2D eigenvalue weighted by Crippen LogP contribution is -2.12. The van der Waals surface area contributed by atoms with Gasteiger partial charge in [-0.1, -0.05) is 12.1 Å². The minimum Gasteiger partial charge on any atom is -0.481 e. The lowest BCUT2D eigenvalue weighted by molar-refractivity contribution is -0.137. The molecule has 1 aromatic carbocycles. The van der Waals surface area contributed by atoms with E-state index in [1.165, 1.54) is 0 Å². The van der Waals surface area contributed by atoms with Gasteiger partial charge in [0, 0.05) is 23.2 Å². The molecular weight excluding hydrogens is 214 g/mol. The molecule has 1 fully saturated rings. The Kier molecular flexibility index (Phi) is 2.15. The Morgan fingerprint density at radius 3 is 2.82 bits per heavy atom. The number of hydrogen-bond donors (Lipinski definition) is 1. The third kappa shape index (κ3) is 1.78. The smallest absolute Gasteiger partial charge is 0.304 e. The van der Waals surface area contributed by atoms with Crippen LogP contribution in [0.3, 0.4) is 0 Å². The van der Waals surface area contributed by atoms with E-state index in [2.05, 4.69) is 17.1 Å². The van der Waals surface area contributed by atoms with Gasteiger partial charge in [0.25, 0.3) is 0 Å². The maximum atomic E-state index is 10.9. The maximum absolute atomic E-state index is 10.9. The van der Waals surface area contributed by atoms with Crippen LogP contribution in [0, 0.1) is 0 Å². The quantitative estimate of drug-likeness (QED) is 0.877. The van der Waals surface area contributed by atoms with Gasteiger partial charge in [-0.3, -0.25) is 9.78 Å². The average molecular weight is 227 g/mol. The molecule has 3 rings (SSSR count). The molecule has 17 heavy (non-hydrogen) atoms. The first kappa shape index (κ1) is 10.3. The molecule has 3 heteroatoms. The van der Waals surface area contributed by atoms with Gasteiger partial charge in [0.15, 0.2) is 0 Å². The number of carboxylic acid groups (broad SMARTS) is 1. The van der Waals surface area contributed by atoms with Gasteiger partial charge >= 0.3 is 5.97 Å². The molecule has 2 aromatic rings. The van der Waals surface area contributed by atoms with Crippen molar-refractivity contribution in [2.45, 2.75) is 24.7 Å². The average Bonchev–Trinajstić information content (AvgIpc) is 3.08. The summed E-state index contributed by atoms with van der Waals surface area (Å²) in [7, 11) is 0. The van der Waals surface area contributed by atoms with Gasteiger partial charge in [0.2, 0.25) is 0 Å². The fourth-order valence-corrected chi connectivity index (χ4v) is 2.42. The summed E-state index contributed by atoms with van der Waals surface area (Å²) < 4.78 is 0. The van der Waals surface area contributed by atoms with Crippen LogP contribution < -0.4 is 0 Å². The molecule has 0 atom stereocenters. The lowest BCUT2D eigenvalue weighted by Gasteiger charge is -2.13. The molecule has 0 unspecified atom stereocenters. The third-order valence-corrected chi connectivity index (χ3v) is 3.60. The zero-order valence-corrected chi connectivity index (χ0v) is 9.39. The molecule has 1 aromatic heterocycles. The monoisotopic (exact) mass is 227 g/mol. The first-order valence-electron chi connectivity index (χ1n) is 5.76. The van der Waals surface area contributed by atoms with Gasteiger partial charge in [-0.05, 0) is 35.9 Å². The van der Waals surface area contributed by atoms with Crippen LogP contribution in [0.15, 0.2) is 36.7 Å². The van der Waals surface area contributed by atoms with E-state index in [-0.39, 0.29) is 11.8 Å². The summed E-state index contributed by atoms with van der Waals surface area (Å²) >= 11 is 0. The van der Waals surface area contributed by atoms with E-state index in [9.17, 15) is 4.79 Å². The summed E-state index contributed by atoms with van der Waals surface area (Å²) in [4.78, 5) is 15.0. The highest BCUT2D eigenvalue weighted by atomic mass is 16.4. The predicted molar refractivity (Wildman–Crippen MR) is 64.9 cm³/mol. The minimum atomic E-state index is -0.714. The Morgan fingerprint density at radius 1 is 1.29 bits per heavy atom. The van der Waals surface area contributed by atoms with Gasteiger partial charge in [-0.15, -0.1) is 0 Å². The van der Waals surface area contributed by atoms with Crippen LogP contribution in [0.5, 0.6) is 0 Å². The van der Waals surface area contributed by atoms with E-state index in [0.29, 0.717) is 0 Å². The molecule has 0 aliphatic heterocycles. The Hall–Kier alpha value is -1.90. The second-order valence-electron chi connectivity index (χ2n) is 4.79. The van der Waals surface area contributed by atoms with Crippen molar-refractivity contribution < 1.29 is 9.90 Å². The van der Waals surface area contributed by atoms with Crippen LogP contribution in [0.2, 0.25) is 0 Å². The number of aliphatic carboxylic acids is 1. The molecule has 0 amide bonds. The van der Waals surface area contributed by atoms with E-state index in [0.717, 1.165) is 29.2 Å². The van der Waals surface area contributed by atoms with Crippen molar-refractivity contribution in [1.29, 1.82) is 0 Å². The number of aromatic nitrogens is 1. The highest BCUT2D eigenvalue weighted by Gasteiger charge is 2.45. The van der Waals surface area contributed by atoms with Crippen LogP contribution in [0.25, 0.3) is 10.8 Å². The number of nitrogens with zero attached hydrogens (tertiary/aromatic N) is 1. The van der Waals surface area contributed by atoms with E-state index in [1.54, 1.807) is 6.20 Å².